The van der Waals surface area contributed by atoms with Crippen LogP contribution < -0.4 is 5.32 Å². The molecule has 16 heavy (non-hydrogen) atoms. The number of hydrogen-bond acceptors (Lipinski definition) is 4. The second-order valence-corrected chi connectivity index (χ2v) is 5.15. The zero-order valence-electron chi connectivity index (χ0n) is 9.67. The lowest BCUT2D eigenvalue weighted by molar-refractivity contribution is -0.130. The second-order valence-electron chi connectivity index (χ2n) is 5.15. The molecular formula is C12H16N2O2. The Labute approximate surface area is 95.3 Å². The first-order chi connectivity index (χ1) is 7.49. The third-order valence-corrected chi connectivity index (χ3v) is 3.22. The van der Waals surface area contributed by atoms with Crippen molar-refractivity contribution in [3.8, 4) is 6.07 Å². The van der Waals surface area contributed by atoms with Crippen LogP contribution in [0.1, 0.15) is 20.3 Å². The number of allylic oxidation sites excluding steroid dienone is 1. The quantitative estimate of drug-likeness (QED) is 0.655. The van der Waals surface area contributed by atoms with Crippen LogP contribution in [0.4, 0.5) is 0 Å². The van der Waals surface area contributed by atoms with Gasteiger partial charge in [0.1, 0.15) is 11.7 Å². The van der Waals surface area contributed by atoms with Gasteiger partial charge in [-0.15, -0.1) is 0 Å². The number of carbonyl (C=O) groups is 1. The molecule has 1 spiro atoms. The molecule has 1 fully saturated rings. The highest BCUT2D eigenvalue weighted by molar-refractivity contribution is 6.03. The highest BCUT2D eigenvalue weighted by atomic mass is 16.5. The number of ketones is 1. The van der Waals surface area contributed by atoms with Crippen molar-refractivity contribution in [2.45, 2.75) is 25.9 Å². The molecule has 0 bridgehead atoms. The summed E-state index contributed by atoms with van der Waals surface area (Å²) in [5.74, 6) is -0.0743. The summed E-state index contributed by atoms with van der Waals surface area (Å²) in [6.45, 7) is 5.87. The summed E-state index contributed by atoms with van der Waals surface area (Å²) < 4.78 is 5.78. The summed E-state index contributed by atoms with van der Waals surface area (Å²) in [6.07, 6.45) is 2.34. The van der Waals surface area contributed by atoms with Crippen LogP contribution >= 0.6 is 0 Å². The van der Waals surface area contributed by atoms with E-state index in [0.29, 0.717) is 19.6 Å². The van der Waals surface area contributed by atoms with Gasteiger partial charge in [-0.2, -0.15) is 5.26 Å². The van der Waals surface area contributed by atoms with Gasteiger partial charge in [-0.3, -0.25) is 4.79 Å². The van der Waals surface area contributed by atoms with E-state index in [4.69, 9.17) is 10.00 Å². The number of nitrogens with one attached hydrogen (secondary N) is 1. The molecule has 0 aromatic rings. The number of rotatable bonds is 0. The topological polar surface area (TPSA) is 62.1 Å². The standard InChI is InChI=1S/C12H16N2O2/c1-11(2)7-12(8-14-3-4-16-12)5-9(6-13)10(11)15/h5,14H,3-4,7-8H2,1-2H3/t12-/m0/s1. The van der Waals surface area contributed by atoms with Crippen molar-refractivity contribution in [2.24, 2.45) is 5.41 Å². The normalized spacial score (nSPS) is 33.3. The number of nitriles is 1. The van der Waals surface area contributed by atoms with Gasteiger partial charge in [0.15, 0.2) is 5.78 Å². The molecular weight excluding hydrogens is 204 g/mol. The maximum Gasteiger partial charge on any atom is 0.178 e. The van der Waals surface area contributed by atoms with Crippen molar-refractivity contribution in [3.63, 3.8) is 0 Å². The van der Waals surface area contributed by atoms with Gasteiger partial charge in [0, 0.05) is 18.5 Å². The third kappa shape index (κ3) is 1.77. The van der Waals surface area contributed by atoms with Gasteiger partial charge in [-0.05, 0) is 12.5 Å². The number of nitrogens with zero attached hydrogens (tertiary/aromatic N) is 1. The Kier molecular flexibility index (Phi) is 2.61. The number of Topliss-reactive ketones (excluding diaryl/α,β-unsaturated/α-hetero) is 1. The molecule has 4 heteroatoms. The van der Waals surface area contributed by atoms with Gasteiger partial charge in [0.05, 0.1) is 12.2 Å². The molecule has 1 aliphatic carbocycles. The molecule has 1 atom stereocenters. The Bertz CT molecular complexity index is 384. The molecule has 0 saturated carbocycles. The Morgan fingerprint density at radius 3 is 2.88 bits per heavy atom. The van der Waals surface area contributed by atoms with E-state index >= 15 is 0 Å². The van der Waals surface area contributed by atoms with Gasteiger partial charge in [-0.25, -0.2) is 0 Å². The largest absolute Gasteiger partial charge is 0.368 e. The fourth-order valence-electron chi connectivity index (χ4n) is 2.54. The number of ether oxygens (including phenoxy) is 1. The van der Waals surface area contributed by atoms with E-state index in [0.717, 1.165) is 6.54 Å². The molecule has 86 valence electrons. The van der Waals surface area contributed by atoms with Crippen molar-refractivity contribution < 1.29 is 9.53 Å². The predicted octanol–water partition coefficient (Wildman–Crippen LogP) is 0.794. The van der Waals surface area contributed by atoms with E-state index in [1.165, 1.54) is 0 Å². The monoisotopic (exact) mass is 220 g/mol. The second kappa shape index (κ2) is 3.69. The molecule has 1 saturated heterocycles. The summed E-state index contributed by atoms with van der Waals surface area (Å²) in [4.78, 5) is 11.9. The van der Waals surface area contributed by atoms with Crippen LogP contribution in [-0.4, -0.2) is 31.1 Å². The van der Waals surface area contributed by atoms with Crippen molar-refractivity contribution in [1.82, 2.24) is 5.32 Å². The lowest BCUT2D eigenvalue weighted by Crippen LogP contribution is -2.54. The van der Waals surface area contributed by atoms with Crippen LogP contribution in [0.15, 0.2) is 11.6 Å². The summed E-state index contributed by atoms with van der Waals surface area (Å²) >= 11 is 0. The molecule has 1 N–H and O–H groups in total. The average molecular weight is 220 g/mol. The van der Waals surface area contributed by atoms with Crippen LogP contribution in [0.3, 0.4) is 0 Å². The van der Waals surface area contributed by atoms with Crippen LogP contribution in [0.2, 0.25) is 0 Å². The minimum atomic E-state index is -0.515. The first-order valence-electron chi connectivity index (χ1n) is 5.52. The van der Waals surface area contributed by atoms with E-state index in [-0.39, 0.29) is 11.4 Å². The zero-order chi connectivity index (χ0) is 11.8. The van der Waals surface area contributed by atoms with Gasteiger partial charge in [0.25, 0.3) is 0 Å². The van der Waals surface area contributed by atoms with Crippen molar-refractivity contribution in [1.29, 1.82) is 5.26 Å². The van der Waals surface area contributed by atoms with Gasteiger partial charge < -0.3 is 10.1 Å². The smallest absolute Gasteiger partial charge is 0.178 e. The highest BCUT2D eigenvalue weighted by Crippen LogP contribution is 2.39. The van der Waals surface area contributed by atoms with Crippen molar-refractivity contribution >= 4 is 5.78 Å². The zero-order valence-corrected chi connectivity index (χ0v) is 9.67. The lowest BCUT2D eigenvalue weighted by Gasteiger charge is -2.43. The minimum Gasteiger partial charge on any atom is -0.368 e. The van der Waals surface area contributed by atoms with E-state index in [2.05, 4.69) is 5.32 Å². The molecule has 0 unspecified atom stereocenters. The molecule has 2 rings (SSSR count). The van der Waals surface area contributed by atoms with E-state index < -0.39 is 11.0 Å². The summed E-state index contributed by atoms with van der Waals surface area (Å²) in [6, 6.07) is 1.98. The van der Waals surface area contributed by atoms with Crippen LogP contribution in [0.5, 0.6) is 0 Å². The molecule has 0 aromatic carbocycles. The maximum atomic E-state index is 11.9. The van der Waals surface area contributed by atoms with Crippen LogP contribution in [0.25, 0.3) is 0 Å². The Morgan fingerprint density at radius 1 is 1.56 bits per heavy atom. The Morgan fingerprint density at radius 2 is 2.31 bits per heavy atom. The molecule has 0 aromatic heterocycles. The van der Waals surface area contributed by atoms with Crippen molar-refractivity contribution in [3.05, 3.63) is 11.6 Å². The molecule has 1 aliphatic heterocycles. The first kappa shape index (κ1) is 11.3. The first-order valence-corrected chi connectivity index (χ1v) is 5.52. The fourth-order valence-corrected chi connectivity index (χ4v) is 2.54. The summed E-state index contributed by atoms with van der Waals surface area (Å²) in [5.41, 5.74) is -0.750. The minimum absolute atomic E-state index is 0.0743. The molecule has 4 nitrogen and oxygen atoms in total. The Hall–Kier alpha value is -1.18. The average Bonchev–Trinajstić information content (AvgIpc) is 2.24. The maximum absolute atomic E-state index is 11.9. The molecule has 0 amide bonds. The van der Waals surface area contributed by atoms with Crippen LogP contribution in [-0.2, 0) is 9.53 Å². The summed E-state index contributed by atoms with van der Waals surface area (Å²) in [5, 5.41) is 12.2. The molecule has 2 aliphatic rings. The summed E-state index contributed by atoms with van der Waals surface area (Å²) in [7, 11) is 0. The van der Waals surface area contributed by atoms with Gasteiger partial charge in [0.2, 0.25) is 0 Å². The SMILES string of the molecule is CC1(C)C[C@@]2(C=C(C#N)C1=O)CNCCO2. The van der Waals surface area contributed by atoms with Gasteiger partial charge >= 0.3 is 0 Å². The fraction of sp³-hybridized carbons (Fsp3) is 0.667. The van der Waals surface area contributed by atoms with Gasteiger partial charge in [-0.1, -0.05) is 13.8 Å². The van der Waals surface area contributed by atoms with Crippen molar-refractivity contribution in [2.75, 3.05) is 19.7 Å². The van der Waals surface area contributed by atoms with Crippen LogP contribution in [0, 0.1) is 16.7 Å². The number of hydrogen-bond donors (Lipinski definition) is 1. The molecule has 1 heterocycles. The lowest BCUT2D eigenvalue weighted by atomic mass is 9.69. The predicted molar refractivity (Wildman–Crippen MR) is 58.7 cm³/mol. The number of carbonyl (C=O) groups excluding carboxylic acids is 1. The molecule has 0 radical (unpaired) electrons. The van der Waals surface area contributed by atoms with E-state index in [9.17, 15) is 4.79 Å². The number of morpholine rings is 1. The van der Waals surface area contributed by atoms with E-state index in [1.54, 1.807) is 6.08 Å². The third-order valence-electron chi connectivity index (χ3n) is 3.22. The van der Waals surface area contributed by atoms with E-state index in [1.807, 2.05) is 19.9 Å². The Balaban J connectivity index is 2.39. The highest BCUT2D eigenvalue weighted by Gasteiger charge is 2.46.